The van der Waals surface area contributed by atoms with Crippen molar-refractivity contribution < 1.29 is 4.79 Å². The van der Waals surface area contributed by atoms with Crippen molar-refractivity contribution in [2.24, 2.45) is 5.92 Å². The molecule has 0 spiro atoms. The van der Waals surface area contributed by atoms with Crippen molar-refractivity contribution in [2.45, 2.75) is 32.6 Å². The summed E-state index contributed by atoms with van der Waals surface area (Å²) >= 11 is 1.60. The van der Waals surface area contributed by atoms with E-state index in [1.165, 1.54) is 5.56 Å². The van der Waals surface area contributed by atoms with Crippen molar-refractivity contribution in [1.29, 1.82) is 0 Å². The van der Waals surface area contributed by atoms with Crippen LogP contribution in [0.2, 0.25) is 0 Å². The number of hydrogen-bond donors (Lipinski definition) is 1. The Balaban J connectivity index is 1.43. The molecule has 1 aliphatic rings. The van der Waals surface area contributed by atoms with Gasteiger partial charge < -0.3 is 10.2 Å². The molecule has 1 saturated heterocycles. The Morgan fingerprint density at radius 2 is 2.07 bits per heavy atom. The number of thiazole rings is 1. The summed E-state index contributed by atoms with van der Waals surface area (Å²) in [5, 5.41) is 4.04. The smallest absolute Gasteiger partial charge is 0.229 e. The molecule has 3 heterocycles. The third kappa shape index (κ3) is 3.95. The highest BCUT2D eigenvalue weighted by Gasteiger charge is 2.27. The molecule has 1 amide bonds. The van der Waals surface area contributed by atoms with Crippen molar-refractivity contribution in [3.05, 3.63) is 48.2 Å². The summed E-state index contributed by atoms with van der Waals surface area (Å²) in [6, 6.07) is 12.0. The molecule has 0 bridgehead atoms. The van der Waals surface area contributed by atoms with Gasteiger partial charge in [-0.05, 0) is 48.6 Å². The Bertz CT molecular complexity index is 902. The molecule has 0 radical (unpaired) electrons. The van der Waals surface area contributed by atoms with Crippen LogP contribution in [0.25, 0.3) is 10.3 Å². The molecule has 0 aliphatic carbocycles. The normalized spacial score (nSPS) is 17.4. The fourth-order valence-electron chi connectivity index (χ4n) is 3.45. The minimum absolute atomic E-state index is 0.0245. The highest BCUT2D eigenvalue weighted by atomic mass is 32.1. The van der Waals surface area contributed by atoms with E-state index in [2.05, 4.69) is 41.2 Å². The van der Waals surface area contributed by atoms with Gasteiger partial charge in [0.15, 0.2) is 5.13 Å². The number of aromatic nitrogens is 2. The number of piperidine rings is 1. The van der Waals surface area contributed by atoms with E-state index in [-0.39, 0.29) is 11.8 Å². The molecule has 1 aliphatic heterocycles. The highest BCUT2D eigenvalue weighted by Crippen LogP contribution is 2.30. The third-order valence-electron chi connectivity index (χ3n) is 5.06. The number of hydrogen-bond acceptors (Lipinski definition) is 5. The maximum Gasteiger partial charge on any atom is 0.229 e. The van der Waals surface area contributed by atoms with Gasteiger partial charge in [-0.1, -0.05) is 37.3 Å². The molecule has 1 atom stereocenters. The van der Waals surface area contributed by atoms with E-state index in [1.807, 2.05) is 24.3 Å². The van der Waals surface area contributed by atoms with Gasteiger partial charge in [-0.15, -0.1) is 0 Å². The molecule has 2 aromatic heterocycles. The number of benzene rings is 1. The fraction of sp³-hybridized carbons (Fsp3) is 0.381. The average Bonchev–Trinajstić information content (AvgIpc) is 3.13. The monoisotopic (exact) mass is 380 g/mol. The number of pyridine rings is 1. The second-order valence-electron chi connectivity index (χ2n) is 7.38. The van der Waals surface area contributed by atoms with Crippen molar-refractivity contribution >= 4 is 38.4 Å². The Labute approximate surface area is 163 Å². The Hall–Kier alpha value is -2.47. The van der Waals surface area contributed by atoms with Crippen LogP contribution in [0.3, 0.4) is 0 Å². The van der Waals surface area contributed by atoms with Crippen LogP contribution in [-0.4, -0.2) is 29.0 Å². The Morgan fingerprint density at radius 3 is 2.81 bits per heavy atom. The lowest BCUT2D eigenvalue weighted by atomic mass is 9.97. The van der Waals surface area contributed by atoms with Gasteiger partial charge in [0.25, 0.3) is 0 Å². The van der Waals surface area contributed by atoms with Crippen LogP contribution < -0.4 is 10.2 Å². The molecule has 1 aromatic carbocycles. The summed E-state index contributed by atoms with van der Waals surface area (Å²) in [6.07, 6.45) is 3.70. The highest BCUT2D eigenvalue weighted by molar-refractivity contribution is 7.21. The lowest BCUT2D eigenvalue weighted by Gasteiger charge is -2.31. The summed E-state index contributed by atoms with van der Waals surface area (Å²) in [6.45, 7) is 5.98. The summed E-state index contributed by atoms with van der Waals surface area (Å²) in [4.78, 5) is 25.0. The molecule has 1 fully saturated rings. The van der Waals surface area contributed by atoms with Crippen molar-refractivity contribution in [1.82, 2.24) is 9.97 Å². The predicted molar refractivity (Wildman–Crippen MR) is 112 cm³/mol. The van der Waals surface area contributed by atoms with Crippen LogP contribution in [0.1, 0.15) is 38.2 Å². The van der Waals surface area contributed by atoms with Crippen molar-refractivity contribution in [2.75, 3.05) is 23.3 Å². The number of rotatable bonds is 4. The van der Waals surface area contributed by atoms with E-state index in [0.717, 1.165) is 40.6 Å². The molecule has 3 aromatic rings. The lowest BCUT2D eigenvalue weighted by molar-refractivity contribution is -0.120. The minimum atomic E-state index is -0.0245. The van der Waals surface area contributed by atoms with Gasteiger partial charge in [0.2, 0.25) is 5.91 Å². The molecule has 27 heavy (non-hydrogen) atoms. The third-order valence-corrected chi connectivity index (χ3v) is 6.10. The van der Waals surface area contributed by atoms with E-state index in [4.69, 9.17) is 4.98 Å². The van der Waals surface area contributed by atoms with Crippen LogP contribution >= 0.6 is 11.3 Å². The van der Waals surface area contributed by atoms with E-state index in [1.54, 1.807) is 17.5 Å². The van der Waals surface area contributed by atoms with Gasteiger partial charge in [0.1, 0.15) is 10.3 Å². The van der Waals surface area contributed by atoms with E-state index in [9.17, 15) is 4.79 Å². The van der Waals surface area contributed by atoms with Crippen LogP contribution in [0.4, 0.5) is 10.8 Å². The van der Waals surface area contributed by atoms with Crippen molar-refractivity contribution in [3.8, 4) is 0 Å². The first-order valence-electron chi connectivity index (χ1n) is 9.47. The zero-order valence-electron chi connectivity index (χ0n) is 15.7. The Morgan fingerprint density at radius 1 is 1.26 bits per heavy atom. The van der Waals surface area contributed by atoms with Gasteiger partial charge in [0.05, 0.1) is 5.92 Å². The molecule has 4 rings (SSSR count). The van der Waals surface area contributed by atoms with Crippen LogP contribution in [-0.2, 0) is 4.79 Å². The number of nitrogens with zero attached hydrogens (tertiary/aromatic N) is 3. The predicted octanol–water partition coefficient (Wildman–Crippen LogP) is 4.67. The number of fused-ring (bicyclic) bond motifs is 1. The van der Waals surface area contributed by atoms with Gasteiger partial charge in [-0.3, -0.25) is 4.79 Å². The number of amides is 1. The first-order chi connectivity index (χ1) is 13.1. The number of anilines is 2. The summed E-state index contributed by atoms with van der Waals surface area (Å²) in [7, 11) is 0. The first kappa shape index (κ1) is 17.9. The van der Waals surface area contributed by atoms with E-state index < -0.39 is 0 Å². The minimum Gasteiger partial charge on any atom is -0.347 e. The van der Waals surface area contributed by atoms with Crippen LogP contribution in [0.5, 0.6) is 0 Å². The standard InChI is InChI=1S/C21H24N4OS/c1-14(2)15-7-9-17(10-8-15)23-19(26)16-5-4-12-25(13-16)21-24-18-6-3-11-22-20(18)27-21/h3,6-11,14,16H,4-5,12-13H2,1-2H3,(H,23,26)/t16-/m0/s1. The molecule has 6 heteroatoms. The molecule has 5 nitrogen and oxygen atoms in total. The molecular weight excluding hydrogens is 356 g/mol. The number of carbonyl (C=O) groups excluding carboxylic acids is 1. The van der Waals surface area contributed by atoms with Gasteiger partial charge in [-0.25, -0.2) is 9.97 Å². The SMILES string of the molecule is CC(C)c1ccc(NC(=O)[C@H]2CCCN(c3nc4cccnc4s3)C2)cc1. The fourth-order valence-corrected chi connectivity index (χ4v) is 4.40. The zero-order valence-corrected chi connectivity index (χ0v) is 16.5. The van der Waals surface area contributed by atoms with E-state index >= 15 is 0 Å². The molecule has 0 saturated carbocycles. The second-order valence-corrected chi connectivity index (χ2v) is 8.33. The topological polar surface area (TPSA) is 58.1 Å². The zero-order chi connectivity index (χ0) is 18.8. The summed E-state index contributed by atoms with van der Waals surface area (Å²) < 4.78 is 0. The second kappa shape index (κ2) is 7.64. The molecule has 140 valence electrons. The van der Waals surface area contributed by atoms with Crippen LogP contribution in [0.15, 0.2) is 42.6 Å². The summed E-state index contributed by atoms with van der Waals surface area (Å²) in [5.74, 6) is 0.560. The molecule has 0 unspecified atom stereocenters. The first-order valence-corrected chi connectivity index (χ1v) is 10.3. The summed E-state index contributed by atoms with van der Waals surface area (Å²) in [5.41, 5.74) is 3.07. The number of nitrogens with one attached hydrogen (secondary N) is 1. The Kier molecular flexibility index (Phi) is 5.07. The quantitative estimate of drug-likeness (QED) is 0.715. The van der Waals surface area contributed by atoms with E-state index in [0.29, 0.717) is 12.5 Å². The van der Waals surface area contributed by atoms with Gasteiger partial charge >= 0.3 is 0 Å². The maximum absolute atomic E-state index is 12.8. The van der Waals surface area contributed by atoms with Crippen LogP contribution in [0, 0.1) is 5.92 Å². The molecular formula is C21H24N4OS. The lowest BCUT2D eigenvalue weighted by Crippen LogP contribution is -2.40. The largest absolute Gasteiger partial charge is 0.347 e. The molecule has 1 N–H and O–H groups in total. The maximum atomic E-state index is 12.8. The number of carbonyl (C=O) groups is 1. The van der Waals surface area contributed by atoms with Gasteiger partial charge in [-0.2, -0.15) is 0 Å². The average molecular weight is 381 g/mol. The van der Waals surface area contributed by atoms with Gasteiger partial charge in [0, 0.05) is 25.0 Å². The van der Waals surface area contributed by atoms with Crippen molar-refractivity contribution in [3.63, 3.8) is 0 Å².